The van der Waals surface area contributed by atoms with Crippen molar-refractivity contribution in [1.82, 2.24) is 8.96 Å². The van der Waals surface area contributed by atoms with Gasteiger partial charge in [0.05, 0.1) is 5.71 Å². The highest BCUT2D eigenvalue weighted by Gasteiger charge is 2.37. The number of nitrogens with zero attached hydrogens (tertiary/aromatic N) is 6. The van der Waals surface area contributed by atoms with Gasteiger partial charge >= 0.3 is 7.19 Å². The van der Waals surface area contributed by atoms with Gasteiger partial charge in [0, 0.05) is 32.7 Å². The zero-order valence-corrected chi connectivity index (χ0v) is 17.7. The number of nitrogens with one attached hydrogen (secondary N) is 1. The molecule has 0 fully saturated rings. The number of aliphatic imine (C=N–C) groups is 2. The molecule has 1 aliphatic carbocycles. The molecule has 9 heteroatoms. The lowest BCUT2D eigenvalue weighted by atomic mass is 9.94. The minimum atomic E-state index is -1.09. The number of rotatable bonds is 0. The monoisotopic (exact) mass is 439 g/mol. The van der Waals surface area contributed by atoms with Crippen LogP contribution < -0.4 is 11.0 Å². The van der Waals surface area contributed by atoms with Gasteiger partial charge in [0.25, 0.3) is 0 Å². The van der Waals surface area contributed by atoms with Crippen molar-refractivity contribution in [3.05, 3.63) is 95.0 Å². The highest BCUT2D eigenvalue weighted by molar-refractivity contribution is 6.50. The topological polar surface area (TPSA) is 103 Å². The van der Waals surface area contributed by atoms with E-state index in [1.54, 1.807) is 15.0 Å². The van der Waals surface area contributed by atoms with Crippen LogP contribution in [0.2, 0.25) is 0 Å². The number of allylic oxidation sites excluding steroid dienone is 3. The van der Waals surface area contributed by atoms with E-state index in [9.17, 15) is 5.02 Å². The lowest BCUT2D eigenvalue weighted by molar-refractivity contribution is 0.528. The van der Waals surface area contributed by atoms with Gasteiger partial charge in [-0.25, -0.2) is 20.0 Å². The predicted molar refractivity (Wildman–Crippen MR) is 132 cm³/mol. The number of amidine groups is 2. The Bertz CT molecular complexity index is 1970. The standard InChI is InChI=1S/C25H14BN7O/c1-12-10-17-18(11-19(12)27)21-28-20(17)29-22-13-6-2-4-8-15(13)24-31-25-16-9-5-3-7-14(16)23(30-21)33(25)26(34)32(22)24/h2-11,27,34H,1H2. The molecule has 2 N–H and O–H groups in total. The van der Waals surface area contributed by atoms with Crippen molar-refractivity contribution in [1.29, 1.82) is 5.41 Å². The smallest absolute Gasteiger partial charge is 0.413 e. The molecule has 8 rings (SSSR count). The van der Waals surface area contributed by atoms with Crippen LogP contribution in [0.1, 0.15) is 0 Å². The van der Waals surface area contributed by atoms with E-state index in [0.29, 0.717) is 45.6 Å². The highest BCUT2D eigenvalue weighted by atomic mass is 16.2. The molecule has 0 saturated carbocycles. The van der Waals surface area contributed by atoms with Crippen LogP contribution in [0.3, 0.4) is 0 Å². The maximum atomic E-state index is 11.7. The van der Waals surface area contributed by atoms with E-state index in [-0.39, 0.29) is 0 Å². The molecule has 0 radical (unpaired) electrons. The van der Waals surface area contributed by atoms with Crippen molar-refractivity contribution >= 4 is 57.7 Å². The van der Waals surface area contributed by atoms with Gasteiger partial charge in [0.15, 0.2) is 11.7 Å². The van der Waals surface area contributed by atoms with E-state index < -0.39 is 7.19 Å². The summed E-state index contributed by atoms with van der Waals surface area (Å²) in [5.41, 5.74) is 3.62. The molecular weight excluding hydrogens is 425 g/mol. The number of aromatic nitrogens is 2. The Balaban J connectivity index is 1.65. The summed E-state index contributed by atoms with van der Waals surface area (Å²) in [5.74, 6) is 2.14. The molecular formula is C25H14BN7O. The Labute approximate surface area is 192 Å². The van der Waals surface area contributed by atoms with Crippen LogP contribution >= 0.6 is 0 Å². The van der Waals surface area contributed by atoms with Gasteiger partial charge in [-0.1, -0.05) is 55.1 Å². The zero-order chi connectivity index (χ0) is 22.7. The average molecular weight is 439 g/mol. The minimum absolute atomic E-state index is 0.314. The quantitative estimate of drug-likeness (QED) is 0.405. The lowest BCUT2D eigenvalue weighted by Crippen LogP contribution is -2.48. The molecule has 0 atom stereocenters. The van der Waals surface area contributed by atoms with Crippen LogP contribution in [-0.2, 0) is 0 Å². The first-order valence-corrected chi connectivity index (χ1v) is 10.9. The maximum absolute atomic E-state index is 11.7. The lowest BCUT2D eigenvalue weighted by Gasteiger charge is -2.18. The third-order valence-electron chi connectivity index (χ3n) is 6.76. The summed E-state index contributed by atoms with van der Waals surface area (Å²) in [5, 5.41) is 23.5. The highest BCUT2D eigenvalue weighted by Crippen LogP contribution is 2.41. The Kier molecular flexibility index (Phi) is 3.07. The largest absolute Gasteiger partial charge is 0.560 e. The molecule has 8 nitrogen and oxygen atoms in total. The molecule has 4 aliphatic rings. The van der Waals surface area contributed by atoms with E-state index in [1.165, 1.54) is 0 Å². The summed E-state index contributed by atoms with van der Waals surface area (Å²) in [6.07, 6.45) is 3.57. The third kappa shape index (κ3) is 2.01. The normalized spacial score (nSPS) is 17.6. The summed E-state index contributed by atoms with van der Waals surface area (Å²) in [6, 6.07) is 15.7. The number of hydrogen-bond donors (Lipinski definition) is 2. The van der Waals surface area contributed by atoms with Gasteiger partial charge in [0.2, 0.25) is 0 Å². The first-order chi connectivity index (χ1) is 16.6. The van der Waals surface area contributed by atoms with Crippen LogP contribution in [0, 0.1) is 5.41 Å². The molecule has 5 heterocycles. The summed E-state index contributed by atoms with van der Waals surface area (Å²) < 4.78 is 3.48. The first-order valence-electron chi connectivity index (χ1n) is 10.9. The van der Waals surface area contributed by atoms with Crippen molar-refractivity contribution < 1.29 is 5.02 Å². The fourth-order valence-electron chi connectivity index (χ4n) is 5.18. The summed E-state index contributed by atoms with van der Waals surface area (Å²) in [6.45, 7) is 3.99. The van der Waals surface area contributed by atoms with Gasteiger partial charge < -0.3 is 19.4 Å². The van der Waals surface area contributed by atoms with E-state index >= 15 is 0 Å². The van der Waals surface area contributed by atoms with Crippen molar-refractivity contribution in [2.75, 3.05) is 0 Å². The molecule has 2 aromatic carbocycles. The Hall–Kier alpha value is -4.63. The fourth-order valence-corrected chi connectivity index (χ4v) is 5.18. The van der Waals surface area contributed by atoms with Gasteiger partial charge in [-0.2, -0.15) is 0 Å². The molecule has 0 spiro atoms. The van der Waals surface area contributed by atoms with Gasteiger partial charge in [0.1, 0.15) is 22.6 Å². The van der Waals surface area contributed by atoms with E-state index in [1.807, 2.05) is 54.6 Å². The second kappa shape index (κ2) is 5.83. The predicted octanol–water partition coefficient (Wildman–Crippen LogP) is 2.75. The molecule has 0 saturated heterocycles. The molecule has 0 amide bonds. The van der Waals surface area contributed by atoms with Crippen molar-refractivity contribution in [3.63, 3.8) is 0 Å². The second-order valence-corrected chi connectivity index (χ2v) is 8.62. The van der Waals surface area contributed by atoms with Crippen LogP contribution in [0.15, 0.2) is 104 Å². The number of fused-ring (bicyclic) bond motifs is 10. The Morgan fingerprint density at radius 1 is 0.706 bits per heavy atom. The van der Waals surface area contributed by atoms with Crippen LogP contribution in [0.5, 0.6) is 0 Å². The van der Waals surface area contributed by atoms with E-state index in [2.05, 4.69) is 6.58 Å². The third-order valence-corrected chi connectivity index (χ3v) is 6.76. The molecule has 2 aromatic heterocycles. The number of hydrogen-bond acceptors (Lipinski definition) is 6. The maximum Gasteiger partial charge on any atom is 0.560 e. The molecule has 34 heavy (non-hydrogen) atoms. The van der Waals surface area contributed by atoms with Crippen LogP contribution in [-0.4, -0.2) is 38.5 Å². The molecule has 0 unspecified atom stereocenters. The molecule has 4 aromatic rings. The summed E-state index contributed by atoms with van der Waals surface area (Å²) in [7, 11) is -1.09. The van der Waals surface area contributed by atoms with Crippen molar-refractivity contribution in [3.8, 4) is 0 Å². The molecule has 158 valence electrons. The van der Waals surface area contributed by atoms with Crippen LogP contribution in [0.25, 0.3) is 21.5 Å². The Morgan fingerprint density at radius 3 is 1.97 bits per heavy atom. The Morgan fingerprint density at radius 2 is 1.26 bits per heavy atom. The van der Waals surface area contributed by atoms with Crippen molar-refractivity contribution in [2.24, 2.45) is 20.0 Å². The van der Waals surface area contributed by atoms with Gasteiger partial charge in [-0.3, -0.25) is 0 Å². The average Bonchev–Trinajstić information content (AvgIpc) is 3.45. The fraction of sp³-hybridized carbons (Fsp3) is 0. The summed E-state index contributed by atoms with van der Waals surface area (Å²) >= 11 is 0. The van der Waals surface area contributed by atoms with Gasteiger partial charge in [-0.15, -0.1) is 0 Å². The van der Waals surface area contributed by atoms with E-state index in [4.69, 9.17) is 25.4 Å². The van der Waals surface area contributed by atoms with E-state index in [0.717, 1.165) is 32.7 Å². The van der Waals surface area contributed by atoms with Crippen molar-refractivity contribution in [2.45, 2.75) is 0 Å². The van der Waals surface area contributed by atoms with Crippen LogP contribution in [0.4, 0.5) is 11.6 Å². The molecule has 4 bridgehead atoms. The minimum Gasteiger partial charge on any atom is -0.413 e. The number of benzene rings is 2. The second-order valence-electron chi connectivity index (χ2n) is 8.62. The first kappa shape index (κ1) is 17.9. The SMILES string of the molecule is C=C1C=C2C(=CC1=N)C1=Nc3c4ccccc4c4n3B(O)n3c(c5ccccc5c3=N4)=NC2=N1. The zero-order valence-electron chi connectivity index (χ0n) is 17.7. The summed E-state index contributed by atoms with van der Waals surface area (Å²) in [4.78, 5) is 19.7. The van der Waals surface area contributed by atoms with Gasteiger partial charge in [-0.05, 0) is 17.7 Å². The molecule has 3 aliphatic heterocycles.